The number of nitrogens with zero attached hydrogens (tertiary/aromatic N) is 3. The molecule has 2 amide bonds. The van der Waals surface area contributed by atoms with Crippen LogP contribution in [0.2, 0.25) is 0 Å². The first-order valence-corrected chi connectivity index (χ1v) is 11.1. The molecule has 0 atom stereocenters. The molecule has 1 N–H and O–H groups in total. The minimum absolute atomic E-state index is 0.0639. The summed E-state index contributed by atoms with van der Waals surface area (Å²) in [7, 11) is 2.90. The molecule has 0 saturated carbocycles. The van der Waals surface area contributed by atoms with Crippen LogP contribution < -0.4 is 19.7 Å². The van der Waals surface area contributed by atoms with Crippen molar-refractivity contribution >= 4 is 46.6 Å². The van der Waals surface area contributed by atoms with Gasteiger partial charge in [-0.05, 0) is 68.0 Å². The first-order chi connectivity index (χ1) is 17.2. The Morgan fingerprint density at radius 2 is 1.75 bits per heavy atom. The van der Waals surface area contributed by atoms with Gasteiger partial charge in [-0.2, -0.15) is 0 Å². The van der Waals surface area contributed by atoms with Crippen molar-refractivity contribution in [1.29, 1.82) is 0 Å². The number of amides is 2. The Bertz CT molecular complexity index is 1460. The number of nitrogens with one attached hydrogen (secondary N) is 1. The fraction of sp³-hybridized carbons (Fsp3) is 0.160. The Labute approximate surface area is 211 Å². The number of carbonyl (C=O) groups is 2. The van der Waals surface area contributed by atoms with E-state index in [1.54, 1.807) is 60.9 Å². The molecule has 1 aliphatic rings. The monoisotopic (exact) mass is 506 g/mol. The third-order valence-corrected chi connectivity index (χ3v) is 6.10. The molecule has 11 heteroatoms. The van der Waals surface area contributed by atoms with Crippen molar-refractivity contribution in [1.82, 2.24) is 9.88 Å². The number of nitro groups is 1. The molecule has 2 heterocycles. The molecule has 3 aromatic rings. The van der Waals surface area contributed by atoms with E-state index in [0.717, 1.165) is 0 Å². The number of rotatable bonds is 6. The van der Waals surface area contributed by atoms with Crippen LogP contribution >= 0.6 is 12.2 Å². The maximum absolute atomic E-state index is 13.5. The number of benzene rings is 2. The SMILES string of the molecule is COc1ccc(-n2c(C)cc(/C=C3\C(=O)NC(=S)N(c4ccccc4OC)C3=O)c2C)c([N+](=O)[O-])c1. The molecule has 0 bridgehead atoms. The molecule has 1 aromatic heterocycles. The number of para-hydroxylation sites is 2. The number of methoxy groups -OCH3 is 2. The topological polar surface area (TPSA) is 116 Å². The number of carbonyl (C=O) groups excluding carboxylic acids is 2. The van der Waals surface area contributed by atoms with E-state index in [1.807, 2.05) is 0 Å². The maximum atomic E-state index is 13.5. The zero-order valence-corrected chi connectivity index (χ0v) is 20.7. The van der Waals surface area contributed by atoms with Gasteiger partial charge in [-0.3, -0.25) is 25.0 Å². The summed E-state index contributed by atoms with van der Waals surface area (Å²) in [4.78, 5) is 38.7. The molecule has 36 heavy (non-hydrogen) atoms. The molecular formula is C25H22N4O6S. The number of aryl methyl sites for hydroxylation is 1. The van der Waals surface area contributed by atoms with E-state index in [1.165, 1.54) is 31.3 Å². The van der Waals surface area contributed by atoms with Gasteiger partial charge in [0.05, 0.1) is 30.9 Å². The van der Waals surface area contributed by atoms with Gasteiger partial charge in [0.25, 0.3) is 17.5 Å². The molecule has 10 nitrogen and oxygen atoms in total. The lowest BCUT2D eigenvalue weighted by Crippen LogP contribution is -2.54. The van der Waals surface area contributed by atoms with Crippen molar-refractivity contribution in [2.45, 2.75) is 13.8 Å². The molecule has 1 fully saturated rings. The second-order valence-corrected chi connectivity index (χ2v) is 8.29. The smallest absolute Gasteiger partial charge is 0.296 e. The standard InChI is InChI=1S/C25H22N4O6S/c1-14-11-16(15(2)27(14)19-10-9-17(34-3)13-21(19)29(32)33)12-18-23(30)26-25(36)28(24(18)31)20-7-5-6-8-22(20)35-4/h5-13H,1-4H3,(H,26,30,36)/b18-12+. The Morgan fingerprint density at radius 1 is 1.03 bits per heavy atom. The van der Waals surface area contributed by atoms with Crippen LogP contribution in [0.1, 0.15) is 17.0 Å². The molecular weight excluding hydrogens is 484 g/mol. The van der Waals surface area contributed by atoms with Gasteiger partial charge >= 0.3 is 0 Å². The Morgan fingerprint density at radius 3 is 2.42 bits per heavy atom. The van der Waals surface area contributed by atoms with Crippen LogP contribution in [0.25, 0.3) is 11.8 Å². The minimum atomic E-state index is -0.642. The van der Waals surface area contributed by atoms with Crippen LogP contribution in [-0.2, 0) is 9.59 Å². The lowest BCUT2D eigenvalue weighted by atomic mass is 10.1. The molecule has 0 radical (unpaired) electrons. The number of anilines is 1. The number of hydrogen-bond acceptors (Lipinski definition) is 7. The predicted molar refractivity (Wildman–Crippen MR) is 138 cm³/mol. The van der Waals surface area contributed by atoms with Gasteiger partial charge in [-0.15, -0.1) is 0 Å². The number of aromatic nitrogens is 1. The normalized spacial score (nSPS) is 14.7. The van der Waals surface area contributed by atoms with Gasteiger partial charge in [0.15, 0.2) is 5.11 Å². The van der Waals surface area contributed by atoms with E-state index in [0.29, 0.717) is 39.8 Å². The Kier molecular flexibility index (Phi) is 6.58. The fourth-order valence-electron chi connectivity index (χ4n) is 4.12. The van der Waals surface area contributed by atoms with Crippen molar-refractivity contribution in [2.75, 3.05) is 19.1 Å². The summed E-state index contributed by atoms with van der Waals surface area (Å²) < 4.78 is 12.2. The van der Waals surface area contributed by atoms with Gasteiger partial charge in [0.2, 0.25) is 0 Å². The zero-order valence-electron chi connectivity index (χ0n) is 19.9. The summed E-state index contributed by atoms with van der Waals surface area (Å²) in [5, 5.41) is 14.2. The highest BCUT2D eigenvalue weighted by Gasteiger charge is 2.36. The number of ether oxygens (including phenoxy) is 2. The first kappa shape index (κ1) is 24.6. The Hall–Kier alpha value is -4.51. The Balaban J connectivity index is 1.81. The number of thiocarbonyl (C=S) groups is 1. The zero-order chi connectivity index (χ0) is 26.1. The number of nitro benzene ring substituents is 1. The van der Waals surface area contributed by atoms with Gasteiger partial charge in [-0.1, -0.05) is 12.1 Å². The quantitative estimate of drug-likeness (QED) is 0.177. The van der Waals surface area contributed by atoms with Crippen LogP contribution in [0.4, 0.5) is 11.4 Å². The summed E-state index contributed by atoms with van der Waals surface area (Å²) in [6.07, 6.45) is 1.45. The lowest BCUT2D eigenvalue weighted by Gasteiger charge is -2.29. The van der Waals surface area contributed by atoms with Crippen molar-refractivity contribution < 1.29 is 24.0 Å². The third-order valence-electron chi connectivity index (χ3n) is 5.82. The van der Waals surface area contributed by atoms with Crippen LogP contribution in [0.5, 0.6) is 11.5 Å². The van der Waals surface area contributed by atoms with Crippen LogP contribution in [-0.4, -0.2) is 40.6 Å². The van der Waals surface area contributed by atoms with E-state index in [-0.39, 0.29) is 16.4 Å². The van der Waals surface area contributed by atoms with Crippen LogP contribution in [0.15, 0.2) is 54.1 Å². The highest BCUT2D eigenvalue weighted by Crippen LogP contribution is 2.34. The van der Waals surface area contributed by atoms with Gasteiger partial charge in [0.1, 0.15) is 22.8 Å². The fourth-order valence-corrected chi connectivity index (χ4v) is 4.39. The number of hydrogen-bond donors (Lipinski definition) is 1. The van der Waals surface area contributed by atoms with Gasteiger partial charge in [-0.25, -0.2) is 4.90 Å². The van der Waals surface area contributed by atoms with Crippen LogP contribution in [0, 0.1) is 24.0 Å². The summed E-state index contributed by atoms with van der Waals surface area (Å²) in [6, 6.07) is 13.1. The summed E-state index contributed by atoms with van der Waals surface area (Å²) in [6.45, 7) is 3.53. The second kappa shape index (κ2) is 9.62. The average molecular weight is 507 g/mol. The average Bonchev–Trinajstić information content (AvgIpc) is 3.13. The second-order valence-electron chi connectivity index (χ2n) is 7.90. The molecule has 1 saturated heterocycles. The molecule has 2 aromatic carbocycles. The largest absolute Gasteiger partial charge is 0.496 e. The minimum Gasteiger partial charge on any atom is -0.496 e. The third kappa shape index (κ3) is 4.20. The highest BCUT2D eigenvalue weighted by molar-refractivity contribution is 7.80. The van der Waals surface area contributed by atoms with E-state index in [9.17, 15) is 19.7 Å². The molecule has 0 unspecified atom stereocenters. The summed E-state index contributed by atoms with van der Waals surface area (Å²) in [5.74, 6) is -0.495. The molecule has 1 aliphatic heterocycles. The lowest BCUT2D eigenvalue weighted by molar-refractivity contribution is -0.384. The molecule has 4 rings (SSSR count). The van der Waals surface area contributed by atoms with Crippen molar-refractivity contribution in [3.8, 4) is 17.2 Å². The van der Waals surface area contributed by atoms with E-state index in [4.69, 9.17) is 21.7 Å². The molecule has 0 spiro atoms. The summed E-state index contributed by atoms with van der Waals surface area (Å²) >= 11 is 5.27. The van der Waals surface area contributed by atoms with E-state index >= 15 is 0 Å². The maximum Gasteiger partial charge on any atom is 0.296 e. The van der Waals surface area contributed by atoms with Crippen LogP contribution in [0.3, 0.4) is 0 Å². The van der Waals surface area contributed by atoms with Gasteiger partial charge < -0.3 is 14.0 Å². The van der Waals surface area contributed by atoms with E-state index in [2.05, 4.69) is 5.32 Å². The predicted octanol–water partition coefficient (Wildman–Crippen LogP) is 3.85. The van der Waals surface area contributed by atoms with E-state index < -0.39 is 16.7 Å². The molecule has 0 aliphatic carbocycles. The highest BCUT2D eigenvalue weighted by atomic mass is 32.1. The van der Waals surface area contributed by atoms with Crippen molar-refractivity contribution in [3.05, 3.63) is 81.2 Å². The van der Waals surface area contributed by atoms with Crippen molar-refractivity contribution in [2.24, 2.45) is 0 Å². The van der Waals surface area contributed by atoms with Gasteiger partial charge in [0, 0.05) is 11.4 Å². The molecule has 184 valence electrons. The first-order valence-electron chi connectivity index (χ1n) is 10.7. The van der Waals surface area contributed by atoms with Crippen molar-refractivity contribution in [3.63, 3.8) is 0 Å². The summed E-state index contributed by atoms with van der Waals surface area (Å²) in [5.41, 5.74) is 2.26.